The average Bonchev–Trinajstić information content (AvgIpc) is 2.54. The van der Waals surface area contributed by atoms with E-state index in [-0.39, 0.29) is 12.4 Å². The molecule has 2 aromatic carbocycles. The number of para-hydroxylation sites is 1. The van der Waals surface area contributed by atoms with E-state index in [0.29, 0.717) is 13.2 Å². The van der Waals surface area contributed by atoms with Gasteiger partial charge in [0.25, 0.3) is 0 Å². The summed E-state index contributed by atoms with van der Waals surface area (Å²) < 4.78 is 10.5. The summed E-state index contributed by atoms with van der Waals surface area (Å²) in [4.78, 5) is 11.4. The molecular formula is C17H19NO3. The fourth-order valence-corrected chi connectivity index (χ4v) is 2.07. The van der Waals surface area contributed by atoms with E-state index < -0.39 is 0 Å². The molecule has 0 atom stereocenters. The summed E-state index contributed by atoms with van der Waals surface area (Å²) in [7, 11) is 1.39. The lowest BCUT2D eigenvalue weighted by atomic mass is 10.1. The molecule has 0 bridgehead atoms. The first-order valence-corrected chi connectivity index (χ1v) is 6.79. The van der Waals surface area contributed by atoms with Crippen molar-refractivity contribution in [3.05, 3.63) is 65.2 Å². The Morgan fingerprint density at radius 1 is 1.00 bits per heavy atom. The first kappa shape index (κ1) is 15.1. The van der Waals surface area contributed by atoms with E-state index in [0.717, 1.165) is 22.4 Å². The maximum atomic E-state index is 11.4. The summed E-state index contributed by atoms with van der Waals surface area (Å²) >= 11 is 0. The van der Waals surface area contributed by atoms with E-state index in [2.05, 4.69) is 0 Å². The van der Waals surface area contributed by atoms with Crippen LogP contribution in [0.15, 0.2) is 48.5 Å². The van der Waals surface area contributed by atoms with Crippen LogP contribution in [0.4, 0.5) is 0 Å². The fourth-order valence-electron chi connectivity index (χ4n) is 2.07. The number of hydrogen-bond donors (Lipinski definition) is 1. The molecule has 0 spiro atoms. The molecule has 0 fully saturated rings. The molecule has 0 saturated heterocycles. The number of ether oxygens (including phenoxy) is 2. The van der Waals surface area contributed by atoms with Gasteiger partial charge in [0.2, 0.25) is 0 Å². The molecule has 0 aromatic heterocycles. The first-order valence-electron chi connectivity index (χ1n) is 6.79. The van der Waals surface area contributed by atoms with E-state index in [1.807, 2.05) is 48.5 Å². The van der Waals surface area contributed by atoms with Crippen molar-refractivity contribution in [2.75, 3.05) is 7.11 Å². The molecule has 0 aliphatic heterocycles. The van der Waals surface area contributed by atoms with Gasteiger partial charge in [-0.15, -0.1) is 0 Å². The van der Waals surface area contributed by atoms with E-state index in [1.165, 1.54) is 7.11 Å². The number of carbonyl (C=O) groups excluding carboxylic acids is 1. The Hall–Kier alpha value is -2.33. The summed E-state index contributed by atoms with van der Waals surface area (Å²) in [5.41, 5.74) is 8.53. The molecule has 0 amide bonds. The quantitative estimate of drug-likeness (QED) is 0.828. The molecule has 2 N–H and O–H groups in total. The smallest absolute Gasteiger partial charge is 0.309 e. The molecule has 0 radical (unpaired) electrons. The Labute approximate surface area is 124 Å². The predicted octanol–water partition coefficient (Wildman–Crippen LogP) is 2.44. The average molecular weight is 285 g/mol. The minimum absolute atomic E-state index is 0.245. The van der Waals surface area contributed by atoms with Gasteiger partial charge in [0.05, 0.1) is 13.5 Å². The van der Waals surface area contributed by atoms with Crippen LogP contribution in [0.3, 0.4) is 0 Å². The van der Waals surface area contributed by atoms with E-state index in [1.54, 1.807) is 0 Å². The molecule has 2 aromatic rings. The van der Waals surface area contributed by atoms with Gasteiger partial charge < -0.3 is 15.2 Å². The van der Waals surface area contributed by atoms with Crippen molar-refractivity contribution in [1.29, 1.82) is 0 Å². The highest BCUT2D eigenvalue weighted by atomic mass is 16.5. The highest BCUT2D eigenvalue weighted by Crippen LogP contribution is 2.20. The summed E-state index contributed by atoms with van der Waals surface area (Å²) in [5, 5.41) is 0. The van der Waals surface area contributed by atoms with E-state index in [9.17, 15) is 4.79 Å². The van der Waals surface area contributed by atoms with Crippen LogP contribution in [0.5, 0.6) is 5.75 Å². The summed E-state index contributed by atoms with van der Waals surface area (Å²) in [6.07, 6.45) is 0.245. The molecule has 0 saturated carbocycles. The number of carbonyl (C=O) groups is 1. The Bertz CT molecular complexity index is 610. The van der Waals surface area contributed by atoms with Gasteiger partial charge in [0, 0.05) is 12.1 Å². The third-order valence-corrected chi connectivity index (χ3v) is 3.26. The Kier molecular flexibility index (Phi) is 5.35. The molecule has 0 unspecified atom stereocenters. The molecule has 0 heterocycles. The zero-order chi connectivity index (χ0) is 15.1. The van der Waals surface area contributed by atoms with Crippen molar-refractivity contribution in [3.8, 4) is 5.75 Å². The highest BCUT2D eigenvalue weighted by Gasteiger charge is 2.09. The van der Waals surface area contributed by atoms with Gasteiger partial charge in [-0.1, -0.05) is 42.5 Å². The topological polar surface area (TPSA) is 61.5 Å². The van der Waals surface area contributed by atoms with Crippen LogP contribution in [0.1, 0.15) is 16.7 Å². The second-order valence-electron chi connectivity index (χ2n) is 4.62. The van der Waals surface area contributed by atoms with Crippen LogP contribution in [-0.4, -0.2) is 13.1 Å². The Morgan fingerprint density at radius 3 is 2.29 bits per heavy atom. The van der Waals surface area contributed by atoms with Gasteiger partial charge in [0.1, 0.15) is 12.4 Å². The maximum absolute atomic E-state index is 11.4. The molecule has 4 heteroatoms. The van der Waals surface area contributed by atoms with Crippen molar-refractivity contribution in [1.82, 2.24) is 0 Å². The van der Waals surface area contributed by atoms with Crippen LogP contribution in [-0.2, 0) is 29.1 Å². The Morgan fingerprint density at radius 2 is 1.62 bits per heavy atom. The summed E-state index contributed by atoms with van der Waals surface area (Å²) in [6.45, 7) is 0.824. The molecule has 110 valence electrons. The van der Waals surface area contributed by atoms with Crippen LogP contribution in [0, 0.1) is 0 Å². The first-order chi connectivity index (χ1) is 10.2. The van der Waals surface area contributed by atoms with E-state index in [4.69, 9.17) is 15.2 Å². The number of hydrogen-bond acceptors (Lipinski definition) is 4. The van der Waals surface area contributed by atoms with Crippen LogP contribution in [0.2, 0.25) is 0 Å². The van der Waals surface area contributed by atoms with Crippen molar-refractivity contribution in [2.24, 2.45) is 5.73 Å². The molecule has 21 heavy (non-hydrogen) atoms. The number of methoxy groups -OCH3 is 1. The van der Waals surface area contributed by atoms with Crippen LogP contribution >= 0.6 is 0 Å². The minimum Gasteiger partial charge on any atom is -0.489 e. The largest absolute Gasteiger partial charge is 0.489 e. The monoisotopic (exact) mass is 285 g/mol. The van der Waals surface area contributed by atoms with Crippen molar-refractivity contribution in [3.63, 3.8) is 0 Å². The van der Waals surface area contributed by atoms with Gasteiger partial charge >= 0.3 is 5.97 Å². The number of esters is 1. The fraction of sp³-hybridized carbons (Fsp3) is 0.235. The van der Waals surface area contributed by atoms with Crippen molar-refractivity contribution < 1.29 is 14.3 Å². The summed E-state index contributed by atoms with van der Waals surface area (Å²) in [6, 6.07) is 15.4. The third-order valence-electron chi connectivity index (χ3n) is 3.26. The standard InChI is InChI=1S/C17H19NO3/c1-20-17(19)10-13-6-2-3-8-15(13)12-21-16-9-5-4-7-14(16)11-18/h2-9H,10-12,18H2,1H3. The van der Waals surface area contributed by atoms with Crippen LogP contribution < -0.4 is 10.5 Å². The SMILES string of the molecule is COC(=O)Cc1ccccc1COc1ccccc1CN. The second-order valence-corrected chi connectivity index (χ2v) is 4.62. The maximum Gasteiger partial charge on any atom is 0.309 e. The van der Waals surface area contributed by atoms with Crippen LogP contribution in [0.25, 0.3) is 0 Å². The lowest BCUT2D eigenvalue weighted by molar-refractivity contribution is -0.139. The predicted molar refractivity (Wildman–Crippen MR) is 80.8 cm³/mol. The Balaban J connectivity index is 2.11. The molecule has 2 rings (SSSR count). The van der Waals surface area contributed by atoms with Gasteiger partial charge in [-0.25, -0.2) is 0 Å². The number of nitrogens with two attached hydrogens (primary N) is 1. The third kappa shape index (κ3) is 4.07. The lowest BCUT2D eigenvalue weighted by Crippen LogP contribution is -2.09. The van der Waals surface area contributed by atoms with E-state index >= 15 is 0 Å². The molecule has 4 nitrogen and oxygen atoms in total. The highest BCUT2D eigenvalue weighted by molar-refractivity contribution is 5.72. The molecule has 0 aliphatic carbocycles. The number of benzene rings is 2. The molecule has 0 aliphatic rings. The van der Waals surface area contributed by atoms with Crippen molar-refractivity contribution >= 4 is 5.97 Å². The second kappa shape index (κ2) is 7.45. The molecular weight excluding hydrogens is 266 g/mol. The van der Waals surface area contributed by atoms with Crippen molar-refractivity contribution in [2.45, 2.75) is 19.6 Å². The number of rotatable bonds is 6. The minimum atomic E-state index is -0.259. The lowest BCUT2D eigenvalue weighted by Gasteiger charge is -2.12. The van der Waals surface area contributed by atoms with Gasteiger partial charge in [0.15, 0.2) is 0 Å². The van der Waals surface area contributed by atoms with Gasteiger partial charge in [-0.3, -0.25) is 4.79 Å². The van der Waals surface area contributed by atoms with Gasteiger partial charge in [-0.05, 0) is 17.2 Å². The normalized spacial score (nSPS) is 10.2. The summed E-state index contributed by atoms with van der Waals surface area (Å²) in [5.74, 6) is 0.512. The zero-order valence-corrected chi connectivity index (χ0v) is 12.0. The van der Waals surface area contributed by atoms with Gasteiger partial charge in [-0.2, -0.15) is 0 Å². The zero-order valence-electron chi connectivity index (χ0n) is 12.0.